The van der Waals surface area contributed by atoms with E-state index in [0.29, 0.717) is 13.2 Å². The van der Waals surface area contributed by atoms with Gasteiger partial charge in [0, 0.05) is 0 Å². The molecule has 131 valence electrons. The van der Waals surface area contributed by atoms with E-state index in [1.807, 2.05) is 24.3 Å². The van der Waals surface area contributed by atoms with E-state index >= 15 is 0 Å². The average Bonchev–Trinajstić information content (AvgIpc) is 3.21. The standard InChI is InChI=1S/C22H26NO2/c1-2-22(23-25-17-16-24-21-10-4-3-5-11-21)20-14-12-19(13-15-20)18-8-6-7-9-18/h3-4,10-15,18H,2,6-9,16-17H2,1H3. The summed E-state index contributed by atoms with van der Waals surface area (Å²) in [4.78, 5) is 5.45. The van der Waals surface area contributed by atoms with Gasteiger partial charge in [0.25, 0.3) is 0 Å². The minimum absolute atomic E-state index is 0.429. The molecule has 0 unspecified atom stereocenters. The maximum absolute atomic E-state index is 5.57. The van der Waals surface area contributed by atoms with E-state index in [0.717, 1.165) is 29.4 Å². The summed E-state index contributed by atoms with van der Waals surface area (Å²) in [5, 5.41) is 4.30. The Bertz CT molecular complexity index is 658. The van der Waals surface area contributed by atoms with Gasteiger partial charge in [-0.1, -0.05) is 61.3 Å². The van der Waals surface area contributed by atoms with Crippen molar-refractivity contribution in [2.24, 2.45) is 5.16 Å². The summed E-state index contributed by atoms with van der Waals surface area (Å²) in [7, 11) is 0. The SMILES string of the molecule is CCC(=NOCCOc1c[c]ccc1)c1ccc(C2CCCC2)cc1. The summed E-state index contributed by atoms with van der Waals surface area (Å²) < 4.78 is 5.57. The molecule has 0 spiro atoms. The van der Waals surface area contributed by atoms with Crippen molar-refractivity contribution in [2.75, 3.05) is 13.2 Å². The van der Waals surface area contributed by atoms with Gasteiger partial charge in [0.15, 0.2) is 6.61 Å². The van der Waals surface area contributed by atoms with Crippen LogP contribution in [0.25, 0.3) is 0 Å². The zero-order valence-electron chi connectivity index (χ0n) is 14.9. The largest absolute Gasteiger partial charge is 0.490 e. The van der Waals surface area contributed by atoms with E-state index in [1.54, 1.807) is 0 Å². The first-order chi connectivity index (χ1) is 12.4. The van der Waals surface area contributed by atoms with Crippen LogP contribution in [0.2, 0.25) is 0 Å². The van der Waals surface area contributed by atoms with Crippen LogP contribution in [-0.2, 0) is 4.84 Å². The molecule has 0 saturated heterocycles. The van der Waals surface area contributed by atoms with Crippen LogP contribution in [0.5, 0.6) is 5.75 Å². The third-order valence-electron chi connectivity index (χ3n) is 4.70. The lowest BCUT2D eigenvalue weighted by Crippen LogP contribution is -2.07. The fourth-order valence-electron chi connectivity index (χ4n) is 3.32. The van der Waals surface area contributed by atoms with Crippen LogP contribution < -0.4 is 4.74 Å². The van der Waals surface area contributed by atoms with Gasteiger partial charge < -0.3 is 9.57 Å². The second-order valence-electron chi connectivity index (χ2n) is 6.42. The highest BCUT2D eigenvalue weighted by Gasteiger charge is 2.16. The molecule has 0 heterocycles. The molecule has 2 aromatic carbocycles. The fraction of sp³-hybridized carbons (Fsp3) is 0.409. The summed E-state index contributed by atoms with van der Waals surface area (Å²) in [6.07, 6.45) is 6.24. The van der Waals surface area contributed by atoms with Gasteiger partial charge in [-0.25, -0.2) is 0 Å². The summed E-state index contributed by atoms with van der Waals surface area (Å²) in [5.74, 6) is 1.55. The number of hydrogen-bond acceptors (Lipinski definition) is 3. The monoisotopic (exact) mass is 336 g/mol. The molecule has 1 aliphatic carbocycles. The Balaban J connectivity index is 1.49. The predicted molar refractivity (Wildman–Crippen MR) is 101 cm³/mol. The van der Waals surface area contributed by atoms with Gasteiger partial charge in [-0.2, -0.15) is 0 Å². The summed E-state index contributed by atoms with van der Waals surface area (Å²) >= 11 is 0. The Hall–Kier alpha value is -2.29. The molecule has 0 amide bonds. The molecule has 1 saturated carbocycles. The predicted octanol–water partition coefficient (Wildman–Crippen LogP) is 5.35. The highest BCUT2D eigenvalue weighted by Crippen LogP contribution is 2.34. The van der Waals surface area contributed by atoms with Gasteiger partial charge >= 0.3 is 0 Å². The van der Waals surface area contributed by atoms with Crippen LogP contribution in [0.1, 0.15) is 56.1 Å². The van der Waals surface area contributed by atoms with Crippen molar-refractivity contribution in [2.45, 2.75) is 44.9 Å². The number of rotatable bonds is 8. The normalized spacial score (nSPS) is 15.3. The van der Waals surface area contributed by atoms with Crippen LogP contribution in [0, 0.1) is 6.07 Å². The van der Waals surface area contributed by atoms with Crippen LogP contribution in [-0.4, -0.2) is 18.9 Å². The highest BCUT2D eigenvalue weighted by molar-refractivity contribution is 6.00. The Labute approximate surface area is 150 Å². The zero-order valence-corrected chi connectivity index (χ0v) is 14.9. The summed E-state index contributed by atoms with van der Waals surface area (Å²) in [6, 6.07) is 19.3. The third kappa shape index (κ3) is 5.09. The number of oxime groups is 1. The van der Waals surface area contributed by atoms with Gasteiger partial charge in [-0.05, 0) is 54.5 Å². The summed E-state index contributed by atoms with van der Waals surface area (Å²) in [5.41, 5.74) is 3.58. The Kier molecular flexibility index (Phi) is 6.49. The summed E-state index contributed by atoms with van der Waals surface area (Å²) in [6.45, 7) is 3.00. The first-order valence-corrected chi connectivity index (χ1v) is 9.25. The van der Waals surface area contributed by atoms with E-state index in [-0.39, 0.29) is 0 Å². The Morgan fingerprint density at radius 3 is 2.60 bits per heavy atom. The highest BCUT2D eigenvalue weighted by atomic mass is 16.6. The van der Waals surface area contributed by atoms with E-state index in [1.165, 1.54) is 31.2 Å². The lowest BCUT2D eigenvalue weighted by molar-refractivity contribution is 0.107. The number of hydrogen-bond donors (Lipinski definition) is 0. The van der Waals surface area contributed by atoms with Crippen LogP contribution in [0.4, 0.5) is 0 Å². The molecular formula is C22H26NO2. The van der Waals surface area contributed by atoms with E-state index in [4.69, 9.17) is 9.57 Å². The molecule has 0 bridgehead atoms. The van der Waals surface area contributed by atoms with Crippen molar-refractivity contribution in [3.63, 3.8) is 0 Å². The van der Waals surface area contributed by atoms with Gasteiger partial charge in [-0.3, -0.25) is 0 Å². The van der Waals surface area contributed by atoms with E-state index in [2.05, 4.69) is 42.4 Å². The molecule has 3 rings (SSSR count). The van der Waals surface area contributed by atoms with Crippen LogP contribution in [0.15, 0.2) is 53.7 Å². The molecule has 1 aliphatic rings. The van der Waals surface area contributed by atoms with Gasteiger partial charge in [-0.15, -0.1) is 0 Å². The molecule has 0 N–H and O–H groups in total. The molecule has 0 atom stereocenters. The number of benzene rings is 2. The molecule has 3 nitrogen and oxygen atoms in total. The average molecular weight is 336 g/mol. The van der Waals surface area contributed by atoms with Crippen LogP contribution >= 0.6 is 0 Å². The minimum Gasteiger partial charge on any atom is -0.490 e. The van der Waals surface area contributed by atoms with E-state index in [9.17, 15) is 0 Å². The molecular weight excluding hydrogens is 310 g/mol. The molecule has 3 heteroatoms. The minimum atomic E-state index is 0.429. The zero-order chi connectivity index (χ0) is 17.3. The second kappa shape index (κ2) is 9.26. The maximum atomic E-state index is 5.57. The van der Waals surface area contributed by atoms with E-state index < -0.39 is 0 Å². The van der Waals surface area contributed by atoms with Gasteiger partial charge in [0.1, 0.15) is 12.4 Å². The first-order valence-electron chi connectivity index (χ1n) is 9.25. The number of nitrogens with zero attached hydrogens (tertiary/aromatic N) is 1. The molecule has 25 heavy (non-hydrogen) atoms. The Morgan fingerprint density at radius 2 is 1.92 bits per heavy atom. The van der Waals surface area contributed by atoms with Crippen molar-refractivity contribution >= 4 is 5.71 Å². The molecule has 2 aromatic rings. The maximum Gasteiger partial charge on any atom is 0.151 e. The third-order valence-corrected chi connectivity index (χ3v) is 4.70. The van der Waals surface area contributed by atoms with Gasteiger partial charge in [0.2, 0.25) is 0 Å². The molecule has 0 aromatic heterocycles. The van der Waals surface area contributed by atoms with Crippen molar-refractivity contribution < 1.29 is 9.57 Å². The molecule has 0 aliphatic heterocycles. The van der Waals surface area contributed by atoms with Crippen molar-refractivity contribution in [1.82, 2.24) is 0 Å². The lowest BCUT2D eigenvalue weighted by atomic mass is 9.95. The Morgan fingerprint density at radius 1 is 1.12 bits per heavy atom. The number of ether oxygens (including phenoxy) is 1. The van der Waals surface area contributed by atoms with Gasteiger partial charge in [0.05, 0.1) is 5.71 Å². The lowest BCUT2D eigenvalue weighted by Gasteiger charge is -2.11. The van der Waals surface area contributed by atoms with Crippen molar-refractivity contribution in [1.29, 1.82) is 0 Å². The second-order valence-corrected chi connectivity index (χ2v) is 6.42. The smallest absolute Gasteiger partial charge is 0.151 e. The van der Waals surface area contributed by atoms with Crippen molar-refractivity contribution in [3.8, 4) is 5.75 Å². The molecule has 1 fully saturated rings. The van der Waals surface area contributed by atoms with Crippen LogP contribution in [0.3, 0.4) is 0 Å². The topological polar surface area (TPSA) is 30.8 Å². The fourth-order valence-corrected chi connectivity index (χ4v) is 3.32. The molecule has 1 radical (unpaired) electrons. The van der Waals surface area contributed by atoms with Crippen molar-refractivity contribution in [3.05, 3.63) is 65.7 Å². The first kappa shape index (κ1) is 17.5. The quantitative estimate of drug-likeness (QED) is 0.369.